The molecule has 3 rings (SSSR count). The van der Waals surface area contributed by atoms with Crippen LogP contribution in [0.25, 0.3) is 22.3 Å². The zero-order valence-corrected chi connectivity index (χ0v) is 14.8. The van der Waals surface area contributed by atoms with Crippen molar-refractivity contribution in [3.8, 4) is 11.3 Å². The summed E-state index contributed by atoms with van der Waals surface area (Å²) >= 11 is 0. The first-order chi connectivity index (χ1) is 12.2. The lowest BCUT2D eigenvalue weighted by molar-refractivity contribution is 0.694. The number of aryl methyl sites for hydroxylation is 1. The SMILES string of the molecule is CCc1cc(-c2c[nH]c3ncc(NCCCCNC)cc23)nc(N)n1. The summed E-state index contributed by atoms with van der Waals surface area (Å²) in [6.07, 6.45) is 6.86. The van der Waals surface area contributed by atoms with Gasteiger partial charge in [0, 0.05) is 29.4 Å². The quantitative estimate of drug-likeness (QED) is 0.470. The van der Waals surface area contributed by atoms with Crippen molar-refractivity contribution in [1.29, 1.82) is 0 Å². The van der Waals surface area contributed by atoms with E-state index in [2.05, 4.69) is 43.6 Å². The lowest BCUT2D eigenvalue weighted by Gasteiger charge is -2.07. The third kappa shape index (κ3) is 4.06. The van der Waals surface area contributed by atoms with Crippen molar-refractivity contribution >= 4 is 22.7 Å². The third-order valence-electron chi connectivity index (χ3n) is 4.15. The fourth-order valence-corrected chi connectivity index (χ4v) is 2.81. The van der Waals surface area contributed by atoms with Gasteiger partial charge in [-0.25, -0.2) is 15.0 Å². The fraction of sp³-hybridized carbons (Fsp3) is 0.389. The van der Waals surface area contributed by atoms with Crippen molar-refractivity contribution in [2.75, 3.05) is 31.2 Å². The van der Waals surface area contributed by atoms with E-state index in [0.717, 1.165) is 66.0 Å². The van der Waals surface area contributed by atoms with Gasteiger partial charge >= 0.3 is 0 Å². The minimum atomic E-state index is 0.301. The Hall–Kier alpha value is -2.67. The minimum Gasteiger partial charge on any atom is -0.384 e. The molecule has 0 fully saturated rings. The zero-order valence-electron chi connectivity index (χ0n) is 14.8. The van der Waals surface area contributed by atoms with Crippen LogP contribution in [0.2, 0.25) is 0 Å². The van der Waals surface area contributed by atoms with Crippen molar-refractivity contribution in [2.24, 2.45) is 0 Å². The van der Waals surface area contributed by atoms with Crippen molar-refractivity contribution in [2.45, 2.75) is 26.2 Å². The molecule has 0 aliphatic heterocycles. The number of hydrogen-bond donors (Lipinski definition) is 4. The predicted octanol–water partition coefficient (Wildman–Crippen LogP) is 2.58. The van der Waals surface area contributed by atoms with Crippen LogP contribution in [0.5, 0.6) is 0 Å². The Balaban J connectivity index is 1.84. The number of fused-ring (bicyclic) bond motifs is 1. The molecule has 3 aromatic rings. The van der Waals surface area contributed by atoms with Crippen molar-refractivity contribution in [3.63, 3.8) is 0 Å². The van der Waals surface area contributed by atoms with E-state index in [1.54, 1.807) is 0 Å². The van der Waals surface area contributed by atoms with E-state index in [9.17, 15) is 0 Å². The first-order valence-electron chi connectivity index (χ1n) is 8.70. The highest BCUT2D eigenvalue weighted by molar-refractivity contribution is 5.94. The highest BCUT2D eigenvalue weighted by Crippen LogP contribution is 2.29. The number of unbranched alkanes of at least 4 members (excludes halogenated alkanes) is 1. The van der Waals surface area contributed by atoms with Crippen LogP contribution >= 0.6 is 0 Å². The van der Waals surface area contributed by atoms with Gasteiger partial charge in [-0.15, -0.1) is 0 Å². The lowest BCUT2D eigenvalue weighted by atomic mass is 10.1. The molecule has 0 aliphatic carbocycles. The molecule has 0 aromatic carbocycles. The second kappa shape index (κ2) is 7.94. The summed E-state index contributed by atoms with van der Waals surface area (Å²) in [7, 11) is 1.97. The highest BCUT2D eigenvalue weighted by atomic mass is 15.0. The summed E-state index contributed by atoms with van der Waals surface area (Å²) in [6, 6.07) is 4.09. The van der Waals surface area contributed by atoms with Crippen LogP contribution in [-0.4, -0.2) is 40.1 Å². The number of anilines is 2. The average Bonchev–Trinajstić information content (AvgIpc) is 3.04. The first-order valence-corrected chi connectivity index (χ1v) is 8.70. The van der Waals surface area contributed by atoms with Gasteiger partial charge in [0.15, 0.2) is 0 Å². The summed E-state index contributed by atoms with van der Waals surface area (Å²) < 4.78 is 0. The maximum atomic E-state index is 5.86. The number of hydrogen-bond acceptors (Lipinski definition) is 6. The van der Waals surface area contributed by atoms with Crippen LogP contribution < -0.4 is 16.4 Å². The van der Waals surface area contributed by atoms with Gasteiger partial charge in [0.2, 0.25) is 5.95 Å². The highest BCUT2D eigenvalue weighted by Gasteiger charge is 2.11. The average molecular weight is 339 g/mol. The fourth-order valence-electron chi connectivity index (χ4n) is 2.81. The topological polar surface area (TPSA) is 105 Å². The minimum absolute atomic E-state index is 0.301. The molecule has 5 N–H and O–H groups in total. The molecule has 25 heavy (non-hydrogen) atoms. The van der Waals surface area contributed by atoms with Gasteiger partial charge in [0.1, 0.15) is 5.65 Å². The molecule has 132 valence electrons. The molecule has 3 aromatic heterocycles. The largest absolute Gasteiger partial charge is 0.384 e. The molecule has 0 radical (unpaired) electrons. The molecule has 0 bridgehead atoms. The molecule has 0 atom stereocenters. The van der Waals surface area contributed by atoms with E-state index in [1.165, 1.54) is 0 Å². The Bertz CT molecular complexity index is 841. The maximum absolute atomic E-state index is 5.86. The molecule has 0 aliphatic rings. The number of nitrogens with zero attached hydrogens (tertiary/aromatic N) is 3. The molecule has 0 saturated heterocycles. The van der Waals surface area contributed by atoms with Crippen LogP contribution in [0, 0.1) is 0 Å². The van der Waals surface area contributed by atoms with Gasteiger partial charge in [-0.05, 0) is 45.0 Å². The molecule has 7 heteroatoms. The Morgan fingerprint density at radius 3 is 2.80 bits per heavy atom. The predicted molar refractivity (Wildman–Crippen MR) is 103 cm³/mol. The summed E-state index contributed by atoms with van der Waals surface area (Å²) in [5.41, 5.74) is 10.5. The summed E-state index contributed by atoms with van der Waals surface area (Å²) in [6.45, 7) is 4.02. The standard InChI is InChI=1S/C18H25N7/c1-3-12-9-16(25-18(19)24-12)15-11-23-17-14(15)8-13(10-22-17)21-7-5-4-6-20-2/h8-11,20-21H,3-7H2,1-2H3,(H,22,23)(H2,19,24,25). The Kier molecular flexibility index (Phi) is 5.45. The molecule has 0 saturated carbocycles. The number of aromatic nitrogens is 4. The van der Waals surface area contributed by atoms with Gasteiger partial charge in [-0.1, -0.05) is 6.92 Å². The molecule has 7 nitrogen and oxygen atoms in total. The van der Waals surface area contributed by atoms with E-state index < -0.39 is 0 Å². The Labute approximate surface area is 147 Å². The van der Waals surface area contributed by atoms with E-state index in [1.807, 2.05) is 25.5 Å². The van der Waals surface area contributed by atoms with Crippen LogP contribution in [0.3, 0.4) is 0 Å². The van der Waals surface area contributed by atoms with E-state index >= 15 is 0 Å². The second-order valence-electron chi connectivity index (χ2n) is 6.02. The monoisotopic (exact) mass is 339 g/mol. The van der Waals surface area contributed by atoms with E-state index in [4.69, 9.17) is 5.73 Å². The van der Waals surface area contributed by atoms with Gasteiger partial charge in [-0.3, -0.25) is 0 Å². The summed E-state index contributed by atoms with van der Waals surface area (Å²) in [4.78, 5) is 16.3. The second-order valence-corrected chi connectivity index (χ2v) is 6.02. The van der Waals surface area contributed by atoms with Crippen LogP contribution in [0.15, 0.2) is 24.5 Å². The van der Waals surface area contributed by atoms with Gasteiger partial charge in [0.25, 0.3) is 0 Å². The smallest absolute Gasteiger partial charge is 0.220 e. The van der Waals surface area contributed by atoms with Crippen molar-refractivity contribution in [3.05, 3.63) is 30.2 Å². The molecule has 0 amide bonds. The molecule has 0 spiro atoms. The first kappa shape index (κ1) is 17.2. The third-order valence-corrected chi connectivity index (χ3v) is 4.15. The number of rotatable bonds is 8. The molecule has 3 heterocycles. The van der Waals surface area contributed by atoms with Crippen LogP contribution in [0.4, 0.5) is 11.6 Å². The number of nitrogens with one attached hydrogen (secondary N) is 3. The van der Waals surface area contributed by atoms with Gasteiger partial charge in [0.05, 0.1) is 17.6 Å². The molecular weight excluding hydrogens is 314 g/mol. The zero-order chi connectivity index (χ0) is 17.6. The van der Waals surface area contributed by atoms with Gasteiger partial charge < -0.3 is 21.4 Å². The van der Waals surface area contributed by atoms with E-state index in [-0.39, 0.29) is 0 Å². The lowest BCUT2D eigenvalue weighted by Crippen LogP contribution is -2.10. The maximum Gasteiger partial charge on any atom is 0.220 e. The Morgan fingerprint density at radius 2 is 2.00 bits per heavy atom. The number of nitrogens with two attached hydrogens (primary N) is 1. The number of aromatic amines is 1. The molecule has 0 unspecified atom stereocenters. The van der Waals surface area contributed by atoms with Crippen molar-refractivity contribution < 1.29 is 0 Å². The molecular formula is C18H25N7. The number of pyridine rings is 1. The van der Waals surface area contributed by atoms with Crippen LogP contribution in [0.1, 0.15) is 25.5 Å². The number of nitrogen functional groups attached to an aromatic ring is 1. The van der Waals surface area contributed by atoms with E-state index in [0.29, 0.717) is 5.95 Å². The van der Waals surface area contributed by atoms with Crippen LogP contribution in [-0.2, 0) is 6.42 Å². The summed E-state index contributed by atoms with van der Waals surface area (Å²) in [5.74, 6) is 0.301. The summed E-state index contributed by atoms with van der Waals surface area (Å²) in [5, 5.41) is 7.62. The van der Waals surface area contributed by atoms with Crippen molar-refractivity contribution in [1.82, 2.24) is 25.3 Å². The number of H-pyrrole nitrogens is 1. The van der Waals surface area contributed by atoms with Gasteiger partial charge in [-0.2, -0.15) is 0 Å². The Morgan fingerprint density at radius 1 is 1.16 bits per heavy atom. The normalized spacial score (nSPS) is 11.1.